The van der Waals surface area contributed by atoms with Crippen LogP contribution in [-0.2, 0) is 0 Å². The first-order valence-electron chi connectivity index (χ1n) is 17.4. The molecule has 8 aromatic carbocycles. The Balaban J connectivity index is 1.12. The van der Waals surface area contributed by atoms with E-state index in [0.29, 0.717) is 0 Å². The number of hydrogen-bond acceptors (Lipinski definition) is 1. The van der Waals surface area contributed by atoms with Gasteiger partial charge in [0.2, 0.25) is 0 Å². The van der Waals surface area contributed by atoms with Crippen molar-refractivity contribution in [3.63, 3.8) is 0 Å². The van der Waals surface area contributed by atoms with E-state index in [0.717, 1.165) is 22.5 Å². The van der Waals surface area contributed by atoms with Crippen molar-refractivity contribution in [2.45, 2.75) is 0 Å². The zero-order chi connectivity index (χ0) is 34.0. The summed E-state index contributed by atoms with van der Waals surface area (Å²) in [5.74, 6) is 0. The van der Waals surface area contributed by atoms with E-state index >= 15 is 0 Å². The van der Waals surface area contributed by atoms with E-state index in [-0.39, 0.29) is 0 Å². The molecule has 1 aliphatic carbocycles. The maximum Gasteiger partial charge on any atom is 0.111 e. The Morgan fingerprint density at radius 3 is 1.80 bits per heavy atom. The smallest absolute Gasteiger partial charge is 0.111 e. The van der Waals surface area contributed by atoms with E-state index < -0.39 is 0 Å². The first kappa shape index (κ1) is 30.3. The molecule has 1 N–H and O–H groups in total. The van der Waals surface area contributed by atoms with Crippen molar-refractivity contribution in [1.82, 2.24) is 0 Å². The zero-order valence-corrected chi connectivity index (χ0v) is 28.1. The van der Waals surface area contributed by atoms with Gasteiger partial charge >= 0.3 is 0 Å². The van der Waals surface area contributed by atoms with E-state index in [1.807, 2.05) is 6.08 Å². The molecule has 0 saturated carbocycles. The molecule has 0 saturated heterocycles. The average Bonchev–Trinajstić information content (AvgIpc) is 3.21. The second kappa shape index (κ2) is 13.3. The van der Waals surface area contributed by atoms with E-state index in [2.05, 4.69) is 206 Å². The monoisotopic (exact) mass is 648 g/mol. The second-order valence-corrected chi connectivity index (χ2v) is 12.9. The van der Waals surface area contributed by atoms with Gasteiger partial charge in [0, 0.05) is 34.7 Å². The molecule has 238 valence electrons. The van der Waals surface area contributed by atoms with Crippen LogP contribution < -0.4 is 5.32 Å². The molecule has 0 aliphatic heterocycles. The Morgan fingerprint density at radius 1 is 0.392 bits per heavy atom. The first-order valence-corrected chi connectivity index (χ1v) is 17.4. The molecule has 1 nitrogen and oxygen atoms in total. The molecule has 0 fully saturated rings. The van der Waals surface area contributed by atoms with E-state index in [4.69, 9.17) is 0 Å². The lowest BCUT2D eigenvalue weighted by Gasteiger charge is -2.18. The van der Waals surface area contributed by atoms with Gasteiger partial charge in [-0.3, -0.25) is 0 Å². The maximum absolute atomic E-state index is 3.71. The quantitative estimate of drug-likeness (QED) is 0.134. The van der Waals surface area contributed by atoms with Crippen LogP contribution in [0.5, 0.6) is 0 Å². The molecule has 0 bridgehead atoms. The fourth-order valence-corrected chi connectivity index (χ4v) is 7.33. The molecular weight excluding hydrogens is 615 g/mol. The van der Waals surface area contributed by atoms with Crippen molar-refractivity contribution >= 4 is 38.5 Å². The lowest BCUT2D eigenvalue weighted by Crippen LogP contribution is -1.97. The SMILES string of the molecule is [C+]1=CC(c2cc(-c3ccccc3)cc(-c3ccccc3)c2-c2cccc(Nc3ccc(-c4cc5ccccc5c5ccccc45)cc3)c2)=CC=C1. The van der Waals surface area contributed by atoms with Crippen molar-refractivity contribution in [3.8, 4) is 44.5 Å². The van der Waals surface area contributed by atoms with Gasteiger partial charge in [0.05, 0.1) is 11.6 Å². The van der Waals surface area contributed by atoms with Crippen LogP contribution in [0.4, 0.5) is 11.4 Å². The van der Waals surface area contributed by atoms with Gasteiger partial charge in [-0.05, 0) is 103 Å². The molecule has 0 amide bonds. The van der Waals surface area contributed by atoms with Crippen molar-refractivity contribution in [3.05, 3.63) is 212 Å². The van der Waals surface area contributed by atoms with E-state index in [1.54, 1.807) is 0 Å². The Labute approximate surface area is 299 Å². The number of fused-ring (bicyclic) bond motifs is 3. The standard InChI is InChI=1S/C50H34N/c1-4-15-35(16-5-1)41-33-48(36-17-6-2-7-18-36)50(49(34-41)37-19-8-3-9-20-37)40-22-14-23-43(31-40)51-42-29-27-38(28-30-42)47-32-39-21-10-11-24-44(39)45-25-12-13-26-46(45)47/h1-8,10-34,51H/q+1. The summed E-state index contributed by atoms with van der Waals surface area (Å²) in [6, 6.07) is 63.3. The highest BCUT2D eigenvalue weighted by Crippen LogP contribution is 2.43. The topological polar surface area (TPSA) is 12.0 Å². The van der Waals surface area contributed by atoms with Crippen LogP contribution in [0, 0.1) is 6.08 Å². The van der Waals surface area contributed by atoms with Gasteiger partial charge in [0.1, 0.15) is 12.2 Å². The van der Waals surface area contributed by atoms with E-state index in [1.165, 1.54) is 66.1 Å². The molecule has 1 heteroatoms. The highest BCUT2D eigenvalue weighted by atomic mass is 14.9. The number of nitrogens with one attached hydrogen (secondary N) is 1. The highest BCUT2D eigenvalue weighted by Gasteiger charge is 2.21. The first-order chi connectivity index (χ1) is 25.3. The van der Waals surface area contributed by atoms with Gasteiger partial charge in [-0.15, -0.1) is 0 Å². The molecule has 0 atom stereocenters. The molecular formula is C50H34N+. The van der Waals surface area contributed by atoms with Crippen LogP contribution in [0.2, 0.25) is 0 Å². The fourth-order valence-electron chi connectivity index (χ4n) is 7.33. The third kappa shape index (κ3) is 5.93. The maximum atomic E-state index is 3.71. The third-order valence-electron chi connectivity index (χ3n) is 9.75. The fraction of sp³-hybridized carbons (Fsp3) is 0. The van der Waals surface area contributed by atoms with Gasteiger partial charge in [-0.2, -0.15) is 0 Å². The van der Waals surface area contributed by atoms with E-state index in [9.17, 15) is 0 Å². The molecule has 0 spiro atoms. The van der Waals surface area contributed by atoms with Crippen molar-refractivity contribution in [2.24, 2.45) is 0 Å². The van der Waals surface area contributed by atoms with Crippen LogP contribution in [-0.4, -0.2) is 0 Å². The Kier molecular flexibility index (Phi) is 7.87. The summed E-state index contributed by atoms with van der Waals surface area (Å²) < 4.78 is 0. The lowest BCUT2D eigenvalue weighted by molar-refractivity contribution is 1.51. The molecule has 51 heavy (non-hydrogen) atoms. The number of allylic oxidation sites excluding steroid dienone is 6. The third-order valence-corrected chi connectivity index (χ3v) is 9.75. The van der Waals surface area contributed by atoms with Gasteiger partial charge in [0.15, 0.2) is 0 Å². The average molecular weight is 649 g/mol. The van der Waals surface area contributed by atoms with Gasteiger partial charge in [-0.25, -0.2) is 0 Å². The minimum Gasteiger partial charge on any atom is -0.356 e. The predicted molar refractivity (Wildman–Crippen MR) is 218 cm³/mol. The lowest BCUT2D eigenvalue weighted by atomic mass is 9.84. The summed E-state index contributed by atoms with van der Waals surface area (Å²) in [5, 5.41) is 8.80. The summed E-state index contributed by atoms with van der Waals surface area (Å²) in [5.41, 5.74) is 13.9. The Morgan fingerprint density at radius 2 is 1.04 bits per heavy atom. The molecule has 0 heterocycles. The summed E-state index contributed by atoms with van der Waals surface area (Å²) in [7, 11) is 0. The zero-order valence-electron chi connectivity index (χ0n) is 28.1. The van der Waals surface area contributed by atoms with Crippen molar-refractivity contribution in [1.29, 1.82) is 0 Å². The summed E-state index contributed by atoms with van der Waals surface area (Å²) in [4.78, 5) is 0. The molecule has 0 unspecified atom stereocenters. The van der Waals surface area contributed by atoms with Crippen LogP contribution >= 0.6 is 0 Å². The predicted octanol–water partition coefficient (Wildman–Crippen LogP) is 13.7. The van der Waals surface area contributed by atoms with Crippen molar-refractivity contribution < 1.29 is 0 Å². The largest absolute Gasteiger partial charge is 0.356 e. The summed E-state index contributed by atoms with van der Waals surface area (Å²) in [6.07, 6.45) is 11.6. The minimum atomic E-state index is 1.04. The Hall–Kier alpha value is -6.79. The van der Waals surface area contributed by atoms with Crippen molar-refractivity contribution in [2.75, 3.05) is 5.32 Å². The normalized spacial score (nSPS) is 12.1. The van der Waals surface area contributed by atoms with Crippen LogP contribution in [0.3, 0.4) is 0 Å². The molecule has 0 aromatic heterocycles. The minimum absolute atomic E-state index is 1.04. The highest BCUT2D eigenvalue weighted by molar-refractivity contribution is 6.13. The Bertz CT molecular complexity index is 2620. The van der Waals surface area contributed by atoms with Crippen LogP contribution in [0.1, 0.15) is 5.56 Å². The van der Waals surface area contributed by atoms with Crippen LogP contribution in [0.15, 0.2) is 200 Å². The molecule has 9 rings (SSSR count). The second-order valence-electron chi connectivity index (χ2n) is 12.9. The number of hydrogen-bond donors (Lipinski definition) is 1. The molecule has 8 aromatic rings. The summed E-state index contributed by atoms with van der Waals surface area (Å²) >= 11 is 0. The van der Waals surface area contributed by atoms with Gasteiger partial charge in [-0.1, -0.05) is 133 Å². The van der Waals surface area contributed by atoms with Gasteiger partial charge < -0.3 is 5.32 Å². The molecule has 0 radical (unpaired) electrons. The van der Waals surface area contributed by atoms with Gasteiger partial charge in [0.25, 0.3) is 0 Å². The van der Waals surface area contributed by atoms with Crippen LogP contribution in [0.25, 0.3) is 71.6 Å². The number of rotatable bonds is 7. The molecule has 1 aliphatic rings. The number of benzene rings is 8. The summed E-state index contributed by atoms with van der Waals surface area (Å²) in [6.45, 7) is 0. The number of anilines is 2.